The van der Waals surface area contributed by atoms with Crippen LogP contribution in [0.3, 0.4) is 0 Å². The van der Waals surface area contributed by atoms with Crippen LogP contribution in [-0.2, 0) is 0 Å². The number of rotatable bonds is 6. The molecule has 1 atom stereocenters. The Morgan fingerprint density at radius 2 is 2.12 bits per heavy atom. The van der Waals surface area contributed by atoms with Crippen LogP contribution < -0.4 is 5.32 Å². The standard InChI is InChI=1S/C16H18N4O4/c1-8(2)12(15-19-13(20-24-15)9-3-4-9)18-14(21)10-5-6-17-11(7-10)16(22)23/h5-9,12H,3-4H2,1-2H3,(H,18,21)(H,22,23). The van der Waals surface area contributed by atoms with Crippen LogP contribution in [0.2, 0.25) is 0 Å². The van der Waals surface area contributed by atoms with Crippen molar-refractivity contribution in [2.24, 2.45) is 5.92 Å². The van der Waals surface area contributed by atoms with Crippen molar-refractivity contribution in [2.75, 3.05) is 0 Å². The lowest BCUT2D eigenvalue weighted by molar-refractivity contribution is 0.0690. The van der Waals surface area contributed by atoms with Gasteiger partial charge in [-0.25, -0.2) is 9.78 Å². The average Bonchev–Trinajstić information content (AvgIpc) is 3.30. The van der Waals surface area contributed by atoms with Crippen LogP contribution in [0, 0.1) is 5.92 Å². The number of carbonyl (C=O) groups excluding carboxylic acids is 1. The van der Waals surface area contributed by atoms with Crippen molar-refractivity contribution in [3.8, 4) is 0 Å². The second-order valence-electron chi connectivity index (χ2n) is 6.20. The first kappa shape index (κ1) is 16.1. The number of hydrogen-bond donors (Lipinski definition) is 2. The molecule has 2 heterocycles. The van der Waals surface area contributed by atoms with E-state index in [0.29, 0.717) is 17.6 Å². The molecule has 1 amide bonds. The Bertz CT molecular complexity index is 767. The highest BCUT2D eigenvalue weighted by molar-refractivity contribution is 5.96. The Morgan fingerprint density at radius 1 is 1.38 bits per heavy atom. The molecule has 8 heteroatoms. The molecular formula is C16H18N4O4. The van der Waals surface area contributed by atoms with Crippen molar-refractivity contribution in [1.29, 1.82) is 0 Å². The molecule has 1 saturated carbocycles. The summed E-state index contributed by atoms with van der Waals surface area (Å²) in [5.41, 5.74) is 0.0348. The first-order valence-corrected chi connectivity index (χ1v) is 7.79. The number of aromatic carboxylic acids is 1. The molecule has 0 spiro atoms. The second kappa shape index (κ2) is 6.38. The van der Waals surface area contributed by atoms with Gasteiger partial charge in [-0.1, -0.05) is 19.0 Å². The van der Waals surface area contributed by atoms with Crippen molar-refractivity contribution in [2.45, 2.75) is 38.6 Å². The first-order chi connectivity index (χ1) is 11.5. The number of carboxylic acids is 1. The molecule has 24 heavy (non-hydrogen) atoms. The SMILES string of the molecule is CC(C)C(NC(=O)c1ccnc(C(=O)O)c1)c1nc(C2CC2)no1. The molecule has 0 radical (unpaired) electrons. The summed E-state index contributed by atoms with van der Waals surface area (Å²) in [5.74, 6) is -0.151. The third kappa shape index (κ3) is 3.42. The van der Waals surface area contributed by atoms with E-state index in [-0.39, 0.29) is 17.2 Å². The van der Waals surface area contributed by atoms with E-state index in [1.807, 2.05) is 13.8 Å². The minimum absolute atomic E-state index is 0.0298. The number of nitrogens with zero attached hydrogens (tertiary/aromatic N) is 3. The highest BCUT2D eigenvalue weighted by atomic mass is 16.5. The summed E-state index contributed by atoms with van der Waals surface area (Å²) in [6, 6.07) is 2.25. The first-order valence-electron chi connectivity index (χ1n) is 7.79. The van der Waals surface area contributed by atoms with Gasteiger partial charge in [0.1, 0.15) is 11.7 Å². The predicted molar refractivity (Wildman–Crippen MR) is 82.5 cm³/mol. The number of carbonyl (C=O) groups is 2. The Hall–Kier alpha value is -2.77. The molecule has 8 nitrogen and oxygen atoms in total. The molecule has 3 rings (SSSR count). The van der Waals surface area contributed by atoms with E-state index in [4.69, 9.17) is 9.63 Å². The van der Waals surface area contributed by atoms with E-state index in [9.17, 15) is 9.59 Å². The zero-order valence-corrected chi connectivity index (χ0v) is 13.4. The quantitative estimate of drug-likeness (QED) is 0.833. The van der Waals surface area contributed by atoms with Crippen LogP contribution in [0.5, 0.6) is 0 Å². The van der Waals surface area contributed by atoms with Gasteiger partial charge >= 0.3 is 5.97 Å². The van der Waals surface area contributed by atoms with E-state index >= 15 is 0 Å². The van der Waals surface area contributed by atoms with Gasteiger partial charge < -0.3 is 14.9 Å². The normalized spacial score (nSPS) is 15.3. The number of aromatic nitrogens is 3. The minimum Gasteiger partial charge on any atom is -0.477 e. The summed E-state index contributed by atoms with van der Waals surface area (Å²) in [5, 5.41) is 15.8. The molecule has 1 aliphatic carbocycles. The van der Waals surface area contributed by atoms with Crippen molar-refractivity contribution in [3.05, 3.63) is 41.3 Å². The Kier molecular flexibility index (Phi) is 4.28. The summed E-state index contributed by atoms with van der Waals surface area (Å²) in [6.45, 7) is 3.86. The molecule has 1 unspecified atom stereocenters. The Balaban J connectivity index is 1.78. The van der Waals surface area contributed by atoms with Crippen molar-refractivity contribution in [3.63, 3.8) is 0 Å². The fraction of sp³-hybridized carbons (Fsp3) is 0.438. The van der Waals surface area contributed by atoms with Crippen molar-refractivity contribution in [1.82, 2.24) is 20.4 Å². The smallest absolute Gasteiger partial charge is 0.354 e. The molecule has 2 aromatic rings. The van der Waals surface area contributed by atoms with E-state index in [1.165, 1.54) is 18.3 Å². The van der Waals surface area contributed by atoms with Crippen LogP contribution >= 0.6 is 0 Å². The van der Waals surface area contributed by atoms with Gasteiger partial charge in [0.05, 0.1) is 0 Å². The van der Waals surface area contributed by atoms with Gasteiger partial charge in [-0.05, 0) is 30.9 Å². The molecule has 2 N–H and O–H groups in total. The molecule has 126 valence electrons. The largest absolute Gasteiger partial charge is 0.477 e. The fourth-order valence-electron chi connectivity index (χ4n) is 2.31. The Morgan fingerprint density at radius 3 is 2.75 bits per heavy atom. The van der Waals surface area contributed by atoms with Gasteiger partial charge in [0.2, 0.25) is 5.89 Å². The highest BCUT2D eigenvalue weighted by Gasteiger charge is 2.31. The summed E-state index contributed by atoms with van der Waals surface area (Å²) in [7, 11) is 0. The van der Waals surface area contributed by atoms with Gasteiger partial charge in [0.15, 0.2) is 5.82 Å². The third-order valence-corrected chi connectivity index (χ3v) is 3.86. The minimum atomic E-state index is -1.18. The number of amides is 1. The van der Waals surface area contributed by atoms with E-state index < -0.39 is 17.9 Å². The summed E-state index contributed by atoms with van der Waals surface area (Å²) in [4.78, 5) is 31.5. The van der Waals surface area contributed by atoms with Crippen LogP contribution in [-0.4, -0.2) is 32.1 Å². The van der Waals surface area contributed by atoms with Crippen LogP contribution in [0.4, 0.5) is 0 Å². The maximum Gasteiger partial charge on any atom is 0.354 e. The van der Waals surface area contributed by atoms with E-state index in [0.717, 1.165) is 12.8 Å². The van der Waals surface area contributed by atoms with Gasteiger partial charge in [0.25, 0.3) is 5.91 Å². The lowest BCUT2D eigenvalue weighted by atomic mass is 10.0. The number of carboxylic acid groups (broad SMARTS) is 1. The molecule has 0 aliphatic heterocycles. The third-order valence-electron chi connectivity index (χ3n) is 3.86. The second-order valence-corrected chi connectivity index (χ2v) is 6.20. The van der Waals surface area contributed by atoms with Crippen molar-refractivity contribution < 1.29 is 19.2 Å². The molecule has 0 saturated heterocycles. The number of hydrogen-bond acceptors (Lipinski definition) is 6. The summed E-state index contributed by atoms with van der Waals surface area (Å²) < 4.78 is 5.31. The number of pyridine rings is 1. The Labute approximate surface area is 138 Å². The van der Waals surface area contributed by atoms with Crippen LogP contribution in [0.1, 0.15) is 71.2 Å². The maximum absolute atomic E-state index is 12.4. The van der Waals surface area contributed by atoms with Gasteiger partial charge in [0, 0.05) is 17.7 Å². The summed E-state index contributed by atoms with van der Waals surface area (Å²) >= 11 is 0. The fourth-order valence-corrected chi connectivity index (χ4v) is 2.31. The van der Waals surface area contributed by atoms with Crippen LogP contribution in [0.15, 0.2) is 22.9 Å². The molecule has 0 bridgehead atoms. The average molecular weight is 330 g/mol. The molecular weight excluding hydrogens is 312 g/mol. The zero-order valence-electron chi connectivity index (χ0n) is 13.4. The summed E-state index contributed by atoms with van der Waals surface area (Å²) in [6.07, 6.45) is 3.42. The molecule has 0 aromatic carbocycles. The molecule has 1 fully saturated rings. The van der Waals surface area contributed by atoms with E-state index in [1.54, 1.807) is 0 Å². The predicted octanol–water partition coefficient (Wildman–Crippen LogP) is 2.17. The lowest BCUT2D eigenvalue weighted by Crippen LogP contribution is -2.32. The van der Waals surface area contributed by atoms with Gasteiger partial charge in [-0.3, -0.25) is 4.79 Å². The maximum atomic E-state index is 12.4. The van der Waals surface area contributed by atoms with Crippen molar-refractivity contribution >= 4 is 11.9 Å². The highest BCUT2D eigenvalue weighted by Crippen LogP contribution is 2.38. The monoisotopic (exact) mass is 330 g/mol. The molecule has 2 aromatic heterocycles. The molecule has 1 aliphatic rings. The van der Waals surface area contributed by atoms with E-state index in [2.05, 4.69) is 20.4 Å². The van der Waals surface area contributed by atoms with Gasteiger partial charge in [-0.15, -0.1) is 0 Å². The van der Waals surface area contributed by atoms with Gasteiger partial charge in [-0.2, -0.15) is 4.98 Å². The topological polar surface area (TPSA) is 118 Å². The lowest BCUT2D eigenvalue weighted by Gasteiger charge is -2.18. The number of nitrogens with one attached hydrogen (secondary N) is 1. The zero-order chi connectivity index (χ0) is 17.3. The van der Waals surface area contributed by atoms with Crippen LogP contribution in [0.25, 0.3) is 0 Å².